The van der Waals surface area contributed by atoms with Crippen LogP contribution in [0, 0.1) is 0 Å². The van der Waals surface area contributed by atoms with E-state index in [0.717, 1.165) is 6.07 Å². The summed E-state index contributed by atoms with van der Waals surface area (Å²) in [5.41, 5.74) is 1.06. The summed E-state index contributed by atoms with van der Waals surface area (Å²) in [7, 11) is 1.45. The molecule has 0 atom stereocenters. The van der Waals surface area contributed by atoms with Gasteiger partial charge in [0.15, 0.2) is 5.69 Å². The van der Waals surface area contributed by atoms with Crippen LogP contribution in [0.5, 0.6) is 0 Å². The van der Waals surface area contributed by atoms with Crippen molar-refractivity contribution >= 4 is 5.69 Å². The molecule has 0 aliphatic heterocycles. The van der Waals surface area contributed by atoms with Crippen LogP contribution in [0.25, 0.3) is 11.3 Å². The minimum Gasteiger partial charge on any atom is -0.381 e. The first-order chi connectivity index (χ1) is 11.7. The Hall–Kier alpha value is -2.83. The van der Waals surface area contributed by atoms with Crippen molar-refractivity contribution in [2.24, 2.45) is 7.05 Å². The molecule has 7 heteroatoms. The number of aryl methyl sites for hydroxylation is 1. The van der Waals surface area contributed by atoms with Gasteiger partial charge in [0.05, 0.1) is 5.69 Å². The van der Waals surface area contributed by atoms with Crippen LogP contribution in [-0.2, 0) is 13.2 Å². The molecule has 25 heavy (non-hydrogen) atoms. The third-order valence-electron chi connectivity index (χ3n) is 3.50. The number of halogens is 4. The molecule has 0 saturated carbocycles. The molecule has 132 valence electrons. The van der Waals surface area contributed by atoms with E-state index in [1.165, 1.54) is 23.9 Å². The van der Waals surface area contributed by atoms with Crippen LogP contribution >= 0.6 is 0 Å². The Labute approximate surface area is 143 Å². The van der Waals surface area contributed by atoms with E-state index in [2.05, 4.69) is 23.6 Å². The summed E-state index contributed by atoms with van der Waals surface area (Å²) in [6.45, 7) is 6.97. The Balaban J connectivity index is 2.15. The van der Waals surface area contributed by atoms with Crippen LogP contribution in [0.3, 0.4) is 0 Å². The van der Waals surface area contributed by atoms with Crippen molar-refractivity contribution in [1.29, 1.82) is 0 Å². The number of nitrogens with one attached hydrogen (secondary N) is 1. The maximum absolute atomic E-state index is 13.2. The average molecular weight is 351 g/mol. The normalized spacial score (nSPS) is 12.1. The minimum atomic E-state index is -4.49. The van der Waals surface area contributed by atoms with Crippen molar-refractivity contribution in [2.45, 2.75) is 6.18 Å². The smallest absolute Gasteiger partial charge is 0.381 e. The summed E-state index contributed by atoms with van der Waals surface area (Å²) in [5, 5.41) is 6.50. The number of anilines is 1. The van der Waals surface area contributed by atoms with E-state index in [-0.39, 0.29) is 6.54 Å². The molecule has 2 aromatic rings. The quantitative estimate of drug-likeness (QED) is 0.579. The van der Waals surface area contributed by atoms with E-state index < -0.39 is 17.7 Å². The van der Waals surface area contributed by atoms with Crippen molar-refractivity contribution in [3.8, 4) is 11.3 Å². The molecule has 3 nitrogen and oxygen atoms in total. The Bertz CT molecular complexity index is 799. The van der Waals surface area contributed by atoms with Gasteiger partial charge in [-0.15, -0.1) is 0 Å². The standard InChI is InChI=1S/C18H17F4N3/c1-4-5-14(12(2)19)11-23-15-8-6-13(7-9-15)16-10-17(18(20,21)22)24-25(16)3/h4-10,23H,1-2,11H2,3H3/b14-5-. The van der Waals surface area contributed by atoms with Gasteiger partial charge in [-0.05, 0) is 23.8 Å². The largest absolute Gasteiger partial charge is 0.435 e. The summed E-state index contributed by atoms with van der Waals surface area (Å²) >= 11 is 0. The van der Waals surface area contributed by atoms with E-state index in [4.69, 9.17) is 0 Å². The number of aromatic nitrogens is 2. The number of nitrogens with zero attached hydrogens (tertiary/aromatic N) is 2. The summed E-state index contributed by atoms with van der Waals surface area (Å²) < 4.78 is 52.6. The second kappa shape index (κ2) is 7.38. The molecule has 0 amide bonds. The molecule has 2 rings (SSSR count). The number of hydrogen-bond acceptors (Lipinski definition) is 2. The topological polar surface area (TPSA) is 29.9 Å². The lowest BCUT2D eigenvalue weighted by Crippen LogP contribution is -2.06. The van der Waals surface area contributed by atoms with Gasteiger partial charge in [-0.25, -0.2) is 4.39 Å². The lowest BCUT2D eigenvalue weighted by molar-refractivity contribution is -0.141. The molecule has 0 aliphatic carbocycles. The lowest BCUT2D eigenvalue weighted by Gasteiger charge is -2.09. The molecular formula is C18H17F4N3. The second-order valence-corrected chi connectivity index (χ2v) is 5.30. The number of benzene rings is 1. The third kappa shape index (κ3) is 4.59. The lowest BCUT2D eigenvalue weighted by atomic mass is 10.1. The summed E-state index contributed by atoms with van der Waals surface area (Å²) in [5.74, 6) is -0.557. The van der Waals surface area contributed by atoms with Gasteiger partial charge < -0.3 is 5.32 Å². The van der Waals surface area contributed by atoms with E-state index in [1.54, 1.807) is 24.3 Å². The molecular weight excluding hydrogens is 334 g/mol. The number of allylic oxidation sites excluding steroid dienone is 2. The van der Waals surface area contributed by atoms with Crippen molar-refractivity contribution in [3.05, 3.63) is 72.7 Å². The third-order valence-corrected chi connectivity index (χ3v) is 3.50. The molecule has 0 spiro atoms. The number of hydrogen-bond donors (Lipinski definition) is 1. The van der Waals surface area contributed by atoms with Gasteiger partial charge in [-0.3, -0.25) is 4.68 Å². The van der Waals surface area contributed by atoms with Crippen LogP contribution < -0.4 is 5.32 Å². The molecule has 1 aromatic heterocycles. The molecule has 0 unspecified atom stereocenters. The van der Waals surface area contributed by atoms with Crippen LogP contribution in [-0.4, -0.2) is 16.3 Å². The van der Waals surface area contributed by atoms with Gasteiger partial charge in [0.25, 0.3) is 0 Å². The highest BCUT2D eigenvalue weighted by Gasteiger charge is 2.34. The first-order valence-corrected chi connectivity index (χ1v) is 7.34. The van der Waals surface area contributed by atoms with Crippen molar-refractivity contribution in [3.63, 3.8) is 0 Å². The van der Waals surface area contributed by atoms with Crippen LogP contribution in [0.1, 0.15) is 5.69 Å². The SMILES string of the molecule is C=C/C=C(/CNc1ccc(-c2cc(C(F)(F)F)nn2C)cc1)C(=C)F. The highest BCUT2D eigenvalue weighted by atomic mass is 19.4. The van der Waals surface area contributed by atoms with Crippen molar-refractivity contribution < 1.29 is 17.6 Å². The maximum atomic E-state index is 13.2. The highest BCUT2D eigenvalue weighted by molar-refractivity contribution is 5.63. The first-order valence-electron chi connectivity index (χ1n) is 7.34. The fourth-order valence-corrected chi connectivity index (χ4v) is 2.22. The fourth-order valence-electron chi connectivity index (χ4n) is 2.22. The summed E-state index contributed by atoms with van der Waals surface area (Å²) in [4.78, 5) is 0. The molecule has 1 N–H and O–H groups in total. The van der Waals surface area contributed by atoms with Gasteiger partial charge in [-0.2, -0.15) is 18.3 Å². The summed E-state index contributed by atoms with van der Waals surface area (Å²) in [6, 6.07) is 7.73. The van der Waals surface area contributed by atoms with E-state index >= 15 is 0 Å². The Morgan fingerprint density at radius 1 is 1.28 bits per heavy atom. The monoisotopic (exact) mass is 351 g/mol. The zero-order valence-corrected chi connectivity index (χ0v) is 13.6. The maximum Gasteiger partial charge on any atom is 0.435 e. The van der Waals surface area contributed by atoms with Crippen LogP contribution in [0.15, 0.2) is 67.0 Å². The molecule has 1 heterocycles. The van der Waals surface area contributed by atoms with Crippen molar-refractivity contribution in [2.75, 3.05) is 11.9 Å². The average Bonchev–Trinajstić information content (AvgIpc) is 2.94. The minimum absolute atomic E-state index is 0.213. The molecule has 0 bridgehead atoms. The molecule has 0 radical (unpaired) electrons. The zero-order chi connectivity index (χ0) is 18.6. The molecule has 0 aliphatic rings. The molecule has 0 fully saturated rings. The molecule has 1 aromatic carbocycles. The Morgan fingerprint density at radius 2 is 1.92 bits per heavy atom. The van der Waals surface area contributed by atoms with E-state index in [1.807, 2.05) is 0 Å². The molecule has 0 saturated heterocycles. The van der Waals surface area contributed by atoms with Gasteiger partial charge in [0.2, 0.25) is 0 Å². The van der Waals surface area contributed by atoms with Gasteiger partial charge in [0, 0.05) is 24.9 Å². The van der Waals surface area contributed by atoms with Gasteiger partial charge >= 0.3 is 6.18 Å². The van der Waals surface area contributed by atoms with Gasteiger partial charge in [-0.1, -0.05) is 37.4 Å². The second-order valence-electron chi connectivity index (χ2n) is 5.30. The Morgan fingerprint density at radius 3 is 2.40 bits per heavy atom. The first kappa shape index (κ1) is 18.5. The van der Waals surface area contributed by atoms with Crippen LogP contribution in [0.2, 0.25) is 0 Å². The summed E-state index contributed by atoms with van der Waals surface area (Å²) in [6.07, 6.45) is -1.51. The van der Waals surface area contributed by atoms with Crippen molar-refractivity contribution in [1.82, 2.24) is 9.78 Å². The predicted molar refractivity (Wildman–Crippen MR) is 90.7 cm³/mol. The Kier molecular flexibility index (Phi) is 5.46. The fraction of sp³-hybridized carbons (Fsp3) is 0.167. The predicted octanol–water partition coefficient (Wildman–Crippen LogP) is 5.11. The zero-order valence-electron chi connectivity index (χ0n) is 13.6. The van der Waals surface area contributed by atoms with E-state index in [0.29, 0.717) is 22.5 Å². The number of alkyl halides is 3. The van der Waals surface area contributed by atoms with Crippen LogP contribution in [0.4, 0.5) is 23.2 Å². The van der Waals surface area contributed by atoms with E-state index in [9.17, 15) is 17.6 Å². The highest BCUT2D eigenvalue weighted by Crippen LogP contribution is 2.31. The van der Waals surface area contributed by atoms with Gasteiger partial charge in [0.1, 0.15) is 5.83 Å². The number of rotatable bonds is 6.